The quantitative estimate of drug-likeness (QED) is 0.825. The Morgan fingerprint density at radius 2 is 2.09 bits per heavy atom. The van der Waals surface area contributed by atoms with E-state index in [-0.39, 0.29) is 17.7 Å². The highest BCUT2D eigenvalue weighted by Crippen LogP contribution is 2.19. The first kappa shape index (κ1) is 15.9. The highest BCUT2D eigenvalue weighted by molar-refractivity contribution is 6.02. The summed E-state index contributed by atoms with van der Waals surface area (Å²) in [6, 6.07) is -0.274. The van der Waals surface area contributed by atoms with E-state index < -0.39 is 0 Å². The Bertz CT molecular complexity index is 714. The Balaban J connectivity index is 2.25. The van der Waals surface area contributed by atoms with Crippen LogP contribution in [0.2, 0.25) is 0 Å². The first-order valence-corrected chi connectivity index (χ1v) is 7.25. The van der Waals surface area contributed by atoms with Crippen molar-refractivity contribution in [1.29, 1.82) is 0 Å². The molecule has 2 aromatic rings. The second-order valence-electron chi connectivity index (χ2n) is 5.31. The Labute approximate surface area is 129 Å². The van der Waals surface area contributed by atoms with Crippen LogP contribution in [0.4, 0.5) is 0 Å². The van der Waals surface area contributed by atoms with Crippen LogP contribution in [0.5, 0.6) is 0 Å². The van der Waals surface area contributed by atoms with E-state index in [1.54, 1.807) is 18.5 Å². The molecule has 2 aromatic heterocycles. The fraction of sp³-hybridized carbons (Fsp3) is 0.467. The minimum atomic E-state index is -0.274. The van der Waals surface area contributed by atoms with E-state index in [4.69, 9.17) is 0 Å². The standard InChI is InChI=1S/C15H21N5O2/c1-6-20-14(16-7-17-20)10(4)19-15(22)12-8(2)13(11(5)21)18-9(12)3/h7,10,18H,6H2,1-5H3,(H,19,22)/t10-/m0/s1. The topological polar surface area (TPSA) is 92.7 Å². The second-order valence-corrected chi connectivity index (χ2v) is 5.31. The Kier molecular flexibility index (Phi) is 4.44. The second kappa shape index (κ2) is 6.13. The summed E-state index contributed by atoms with van der Waals surface area (Å²) in [7, 11) is 0. The Hall–Kier alpha value is -2.44. The van der Waals surface area contributed by atoms with Crippen LogP contribution in [0.3, 0.4) is 0 Å². The van der Waals surface area contributed by atoms with Crippen molar-refractivity contribution in [2.45, 2.75) is 47.2 Å². The molecule has 0 fully saturated rings. The molecule has 0 aliphatic rings. The number of aromatic nitrogens is 4. The van der Waals surface area contributed by atoms with Gasteiger partial charge in [-0.15, -0.1) is 0 Å². The molecule has 2 heterocycles. The summed E-state index contributed by atoms with van der Waals surface area (Å²) in [6.07, 6.45) is 1.47. The van der Waals surface area contributed by atoms with Gasteiger partial charge in [0.15, 0.2) is 5.78 Å². The van der Waals surface area contributed by atoms with Gasteiger partial charge in [-0.25, -0.2) is 9.67 Å². The van der Waals surface area contributed by atoms with E-state index in [0.29, 0.717) is 34.9 Å². The molecular weight excluding hydrogens is 282 g/mol. The number of aryl methyl sites for hydroxylation is 2. The molecule has 118 valence electrons. The molecule has 2 N–H and O–H groups in total. The summed E-state index contributed by atoms with van der Waals surface area (Å²) in [4.78, 5) is 31.3. The summed E-state index contributed by atoms with van der Waals surface area (Å²) in [6.45, 7) is 9.55. The predicted octanol–water partition coefficient (Wildman–Crippen LogP) is 1.94. The van der Waals surface area contributed by atoms with Gasteiger partial charge in [0, 0.05) is 19.2 Å². The smallest absolute Gasteiger partial charge is 0.253 e. The van der Waals surface area contributed by atoms with Crippen LogP contribution in [0.1, 0.15) is 64.7 Å². The lowest BCUT2D eigenvalue weighted by Crippen LogP contribution is -2.29. The van der Waals surface area contributed by atoms with Crippen LogP contribution in [-0.2, 0) is 6.54 Å². The summed E-state index contributed by atoms with van der Waals surface area (Å²) in [5.74, 6) is 0.392. The number of nitrogens with zero attached hydrogens (tertiary/aromatic N) is 3. The highest BCUT2D eigenvalue weighted by atomic mass is 16.2. The average molecular weight is 303 g/mol. The van der Waals surface area contributed by atoms with Crippen LogP contribution in [-0.4, -0.2) is 31.4 Å². The summed E-state index contributed by atoms with van der Waals surface area (Å²) >= 11 is 0. The number of amides is 1. The number of carbonyl (C=O) groups is 2. The molecule has 0 aliphatic carbocycles. The average Bonchev–Trinajstić information content (AvgIpc) is 3.02. The zero-order valence-electron chi connectivity index (χ0n) is 13.5. The number of ketones is 1. The summed E-state index contributed by atoms with van der Waals surface area (Å²) in [5.41, 5.74) is 2.35. The lowest BCUT2D eigenvalue weighted by molar-refractivity contribution is 0.0936. The van der Waals surface area contributed by atoms with Crippen molar-refractivity contribution >= 4 is 11.7 Å². The van der Waals surface area contributed by atoms with Crippen molar-refractivity contribution in [2.24, 2.45) is 0 Å². The highest BCUT2D eigenvalue weighted by Gasteiger charge is 2.22. The maximum absolute atomic E-state index is 12.5. The minimum absolute atomic E-state index is 0.0848. The van der Waals surface area contributed by atoms with Crippen molar-refractivity contribution in [3.63, 3.8) is 0 Å². The van der Waals surface area contributed by atoms with E-state index in [2.05, 4.69) is 20.4 Å². The van der Waals surface area contributed by atoms with E-state index >= 15 is 0 Å². The third kappa shape index (κ3) is 2.79. The molecule has 0 saturated heterocycles. The molecule has 22 heavy (non-hydrogen) atoms. The van der Waals surface area contributed by atoms with Gasteiger partial charge in [0.2, 0.25) is 0 Å². The largest absolute Gasteiger partial charge is 0.355 e. The molecule has 0 bridgehead atoms. The molecule has 0 unspecified atom stereocenters. The first-order valence-electron chi connectivity index (χ1n) is 7.25. The SMILES string of the molecule is CCn1ncnc1[C@H](C)NC(=O)c1c(C)[nH]c(C(C)=O)c1C. The van der Waals surface area contributed by atoms with Crippen LogP contribution in [0.25, 0.3) is 0 Å². The number of aromatic amines is 1. The maximum Gasteiger partial charge on any atom is 0.253 e. The number of Topliss-reactive ketones (excluding diaryl/α,β-unsaturated/α-hetero) is 1. The molecule has 7 nitrogen and oxygen atoms in total. The fourth-order valence-electron chi connectivity index (χ4n) is 2.63. The molecular formula is C15H21N5O2. The van der Waals surface area contributed by atoms with E-state index in [9.17, 15) is 9.59 Å². The number of rotatable bonds is 5. The monoisotopic (exact) mass is 303 g/mol. The van der Waals surface area contributed by atoms with Crippen molar-refractivity contribution in [3.8, 4) is 0 Å². The Morgan fingerprint density at radius 3 is 2.64 bits per heavy atom. The molecule has 0 aromatic carbocycles. The van der Waals surface area contributed by atoms with Crippen molar-refractivity contribution < 1.29 is 9.59 Å². The third-order valence-electron chi connectivity index (χ3n) is 3.70. The molecule has 1 atom stereocenters. The van der Waals surface area contributed by atoms with Crippen LogP contribution in [0, 0.1) is 13.8 Å². The third-order valence-corrected chi connectivity index (χ3v) is 3.70. The van der Waals surface area contributed by atoms with E-state index in [0.717, 1.165) is 0 Å². The zero-order chi connectivity index (χ0) is 16.4. The van der Waals surface area contributed by atoms with E-state index in [1.165, 1.54) is 13.3 Å². The zero-order valence-corrected chi connectivity index (χ0v) is 13.5. The van der Waals surface area contributed by atoms with E-state index in [1.807, 2.05) is 13.8 Å². The number of H-pyrrole nitrogens is 1. The molecule has 2 rings (SSSR count). The van der Waals surface area contributed by atoms with Gasteiger partial charge < -0.3 is 10.3 Å². The molecule has 7 heteroatoms. The lowest BCUT2D eigenvalue weighted by atomic mass is 10.1. The van der Waals surface area contributed by atoms with Gasteiger partial charge in [0.25, 0.3) is 5.91 Å². The van der Waals surface area contributed by atoms with Crippen LogP contribution < -0.4 is 5.32 Å². The number of hydrogen-bond donors (Lipinski definition) is 2. The van der Waals surface area contributed by atoms with Crippen molar-refractivity contribution in [3.05, 3.63) is 34.7 Å². The first-order chi connectivity index (χ1) is 10.4. The van der Waals surface area contributed by atoms with Crippen LogP contribution >= 0.6 is 0 Å². The molecule has 1 amide bonds. The van der Waals surface area contributed by atoms with Crippen molar-refractivity contribution in [1.82, 2.24) is 25.1 Å². The molecule has 0 aliphatic heterocycles. The summed E-state index contributed by atoms with van der Waals surface area (Å²) in [5, 5.41) is 7.02. The lowest BCUT2D eigenvalue weighted by Gasteiger charge is -2.14. The minimum Gasteiger partial charge on any atom is -0.355 e. The van der Waals surface area contributed by atoms with Gasteiger partial charge in [-0.2, -0.15) is 5.10 Å². The maximum atomic E-state index is 12.5. The number of carbonyl (C=O) groups excluding carboxylic acids is 2. The van der Waals surface area contributed by atoms with Gasteiger partial charge in [-0.1, -0.05) is 0 Å². The molecule has 0 saturated carbocycles. The number of hydrogen-bond acceptors (Lipinski definition) is 4. The fourth-order valence-corrected chi connectivity index (χ4v) is 2.63. The van der Waals surface area contributed by atoms with Gasteiger partial charge in [0.05, 0.1) is 17.3 Å². The summed E-state index contributed by atoms with van der Waals surface area (Å²) < 4.78 is 1.74. The molecule has 0 spiro atoms. The normalized spacial score (nSPS) is 12.2. The van der Waals surface area contributed by atoms with Gasteiger partial charge in [-0.3, -0.25) is 9.59 Å². The van der Waals surface area contributed by atoms with Gasteiger partial charge >= 0.3 is 0 Å². The predicted molar refractivity (Wildman–Crippen MR) is 81.8 cm³/mol. The van der Waals surface area contributed by atoms with Gasteiger partial charge in [-0.05, 0) is 33.3 Å². The molecule has 0 radical (unpaired) electrons. The Morgan fingerprint density at radius 1 is 1.41 bits per heavy atom. The van der Waals surface area contributed by atoms with Gasteiger partial charge in [0.1, 0.15) is 12.2 Å². The van der Waals surface area contributed by atoms with Crippen LogP contribution in [0.15, 0.2) is 6.33 Å². The number of nitrogens with one attached hydrogen (secondary N) is 2. The van der Waals surface area contributed by atoms with Crippen molar-refractivity contribution in [2.75, 3.05) is 0 Å².